The summed E-state index contributed by atoms with van der Waals surface area (Å²) in [5, 5.41) is 3.92. The molecule has 0 N–H and O–H groups in total. The van der Waals surface area contributed by atoms with E-state index in [1.807, 2.05) is 45.9 Å². The van der Waals surface area contributed by atoms with E-state index in [4.69, 9.17) is 4.52 Å². The highest BCUT2D eigenvalue weighted by molar-refractivity contribution is 5.67. The van der Waals surface area contributed by atoms with E-state index < -0.39 is 0 Å². The number of rotatable bonds is 1. The van der Waals surface area contributed by atoms with Crippen molar-refractivity contribution in [2.75, 3.05) is 0 Å². The first-order chi connectivity index (χ1) is 7.29. The molecule has 1 heterocycles. The van der Waals surface area contributed by atoms with Crippen molar-refractivity contribution in [3.63, 3.8) is 0 Å². The number of nitrogens with zero attached hydrogens (tertiary/aromatic N) is 1. The van der Waals surface area contributed by atoms with Crippen LogP contribution in [-0.4, -0.2) is 5.16 Å². The Morgan fingerprint density at radius 3 is 2.07 bits per heavy atom. The number of hydrogen-bond donors (Lipinski definition) is 0. The molecule has 1 aromatic heterocycles. The van der Waals surface area contributed by atoms with Gasteiger partial charge in [0.15, 0.2) is 0 Å². The highest BCUT2D eigenvalue weighted by atomic mass is 16.5. The zero-order valence-electron chi connectivity index (χ0n) is 9.74. The lowest BCUT2D eigenvalue weighted by Gasteiger charge is -1.97. The van der Waals surface area contributed by atoms with Gasteiger partial charge in [-0.05, 0) is 19.4 Å². The molecule has 0 saturated carbocycles. The lowest BCUT2D eigenvalue weighted by molar-refractivity contribution is 0.393. The van der Waals surface area contributed by atoms with Crippen LogP contribution in [0.5, 0.6) is 0 Å². The number of aromatic nitrogens is 1. The lowest BCUT2D eigenvalue weighted by Crippen LogP contribution is -1.80. The molecule has 0 bridgehead atoms. The average Bonchev–Trinajstić information content (AvgIpc) is 2.63. The second-order valence-electron chi connectivity index (χ2n) is 3.07. The summed E-state index contributed by atoms with van der Waals surface area (Å²) in [4.78, 5) is 0. The molecule has 0 aliphatic rings. The van der Waals surface area contributed by atoms with Crippen LogP contribution >= 0.6 is 0 Å². The number of hydrogen-bond acceptors (Lipinski definition) is 2. The summed E-state index contributed by atoms with van der Waals surface area (Å²) >= 11 is 0. The molecule has 0 unspecified atom stereocenters. The second kappa shape index (κ2) is 5.35. The molecule has 0 aliphatic heterocycles. The first kappa shape index (κ1) is 11.5. The fourth-order valence-corrected chi connectivity index (χ4v) is 1.50. The summed E-state index contributed by atoms with van der Waals surface area (Å²) in [7, 11) is 0. The molecule has 15 heavy (non-hydrogen) atoms. The van der Waals surface area contributed by atoms with Gasteiger partial charge in [-0.15, -0.1) is 0 Å². The van der Waals surface area contributed by atoms with E-state index in [9.17, 15) is 0 Å². The third-order valence-corrected chi connectivity index (χ3v) is 2.10. The Balaban J connectivity index is 0.000000531. The van der Waals surface area contributed by atoms with Gasteiger partial charge >= 0.3 is 0 Å². The Hall–Kier alpha value is -1.57. The smallest absolute Gasteiger partial charge is 0.141 e. The molecule has 2 nitrogen and oxygen atoms in total. The fourth-order valence-electron chi connectivity index (χ4n) is 1.50. The van der Waals surface area contributed by atoms with Gasteiger partial charge in [0.05, 0.1) is 5.69 Å². The predicted octanol–water partition coefficient (Wildman–Crippen LogP) is 3.98. The van der Waals surface area contributed by atoms with Crippen molar-refractivity contribution in [1.29, 1.82) is 0 Å². The van der Waals surface area contributed by atoms with Crippen LogP contribution in [0.25, 0.3) is 11.1 Å². The summed E-state index contributed by atoms with van der Waals surface area (Å²) < 4.78 is 5.10. The van der Waals surface area contributed by atoms with Crippen LogP contribution < -0.4 is 0 Å². The Bertz CT molecular complexity index is 384. The Kier molecular flexibility index (Phi) is 4.10. The summed E-state index contributed by atoms with van der Waals surface area (Å²) in [6.07, 6.45) is 0. The van der Waals surface area contributed by atoms with Crippen LogP contribution in [0.1, 0.15) is 25.3 Å². The SMILES string of the molecule is CC.Cc1noc(C)c1-c1ccccc1. The van der Waals surface area contributed by atoms with Crippen molar-refractivity contribution < 1.29 is 4.52 Å². The zero-order chi connectivity index (χ0) is 11.3. The molecule has 1 aromatic carbocycles. The monoisotopic (exact) mass is 203 g/mol. The summed E-state index contributed by atoms with van der Waals surface area (Å²) in [6, 6.07) is 10.2. The first-order valence-corrected chi connectivity index (χ1v) is 5.27. The summed E-state index contributed by atoms with van der Waals surface area (Å²) in [5.74, 6) is 0.878. The van der Waals surface area contributed by atoms with Gasteiger partial charge in [0.2, 0.25) is 0 Å². The standard InChI is InChI=1S/C11H11NO.C2H6/c1-8-11(9(2)13-12-8)10-6-4-3-5-7-10;1-2/h3-7H,1-2H3;1-2H3. The van der Waals surface area contributed by atoms with Crippen molar-refractivity contribution in [3.8, 4) is 11.1 Å². The van der Waals surface area contributed by atoms with Crippen LogP contribution in [0.4, 0.5) is 0 Å². The van der Waals surface area contributed by atoms with Gasteiger partial charge in [-0.1, -0.05) is 49.3 Å². The van der Waals surface area contributed by atoms with Gasteiger partial charge in [0.25, 0.3) is 0 Å². The topological polar surface area (TPSA) is 26.0 Å². The van der Waals surface area contributed by atoms with Crippen molar-refractivity contribution in [1.82, 2.24) is 5.16 Å². The lowest BCUT2D eigenvalue weighted by atomic mass is 10.0. The normalized spacial score (nSPS) is 9.33. The minimum absolute atomic E-state index is 0.878. The van der Waals surface area contributed by atoms with Gasteiger partial charge in [-0.25, -0.2) is 0 Å². The highest BCUT2D eigenvalue weighted by Gasteiger charge is 2.09. The molecule has 0 amide bonds. The van der Waals surface area contributed by atoms with E-state index in [2.05, 4.69) is 17.3 Å². The van der Waals surface area contributed by atoms with E-state index in [0.29, 0.717) is 0 Å². The van der Waals surface area contributed by atoms with Crippen molar-refractivity contribution in [3.05, 3.63) is 41.8 Å². The highest BCUT2D eigenvalue weighted by Crippen LogP contribution is 2.25. The van der Waals surface area contributed by atoms with Gasteiger partial charge in [-0.3, -0.25) is 0 Å². The quantitative estimate of drug-likeness (QED) is 0.700. The van der Waals surface area contributed by atoms with E-state index in [1.54, 1.807) is 0 Å². The first-order valence-electron chi connectivity index (χ1n) is 5.27. The maximum Gasteiger partial charge on any atom is 0.141 e. The van der Waals surface area contributed by atoms with E-state index in [0.717, 1.165) is 17.0 Å². The molecule has 0 saturated heterocycles. The van der Waals surface area contributed by atoms with Crippen LogP contribution in [0, 0.1) is 13.8 Å². The Morgan fingerprint density at radius 2 is 1.60 bits per heavy atom. The van der Waals surface area contributed by atoms with Crippen LogP contribution in [0.2, 0.25) is 0 Å². The molecule has 0 radical (unpaired) electrons. The Morgan fingerprint density at radius 1 is 1.00 bits per heavy atom. The average molecular weight is 203 g/mol. The molecule has 0 fully saturated rings. The van der Waals surface area contributed by atoms with Crippen molar-refractivity contribution >= 4 is 0 Å². The fraction of sp³-hybridized carbons (Fsp3) is 0.308. The second-order valence-corrected chi connectivity index (χ2v) is 3.07. The van der Waals surface area contributed by atoms with Gasteiger partial charge in [0.1, 0.15) is 5.76 Å². The molecular formula is C13H17NO. The molecule has 2 aromatic rings. The third kappa shape index (κ3) is 2.46. The maximum absolute atomic E-state index is 5.10. The van der Waals surface area contributed by atoms with Crippen LogP contribution in [0.3, 0.4) is 0 Å². The Labute approximate surface area is 90.9 Å². The number of benzene rings is 1. The van der Waals surface area contributed by atoms with E-state index in [1.165, 1.54) is 5.56 Å². The van der Waals surface area contributed by atoms with Gasteiger partial charge in [0, 0.05) is 5.56 Å². The number of aryl methyl sites for hydroxylation is 2. The molecule has 80 valence electrons. The van der Waals surface area contributed by atoms with Crippen LogP contribution in [-0.2, 0) is 0 Å². The minimum Gasteiger partial charge on any atom is -0.361 e. The van der Waals surface area contributed by atoms with Gasteiger partial charge < -0.3 is 4.52 Å². The minimum atomic E-state index is 0.878. The molecule has 0 spiro atoms. The summed E-state index contributed by atoms with van der Waals surface area (Å²) in [6.45, 7) is 7.89. The van der Waals surface area contributed by atoms with E-state index >= 15 is 0 Å². The molecule has 0 atom stereocenters. The zero-order valence-corrected chi connectivity index (χ0v) is 9.74. The van der Waals surface area contributed by atoms with Crippen LogP contribution in [0.15, 0.2) is 34.9 Å². The maximum atomic E-state index is 5.10. The van der Waals surface area contributed by atoms with Gasteiger partial charge in [-0.2, -0.15) is 0 Å². The van der Waals surface area contributed by atoms with E-state index in [-0.39, 0.29) is 0 Å². The summed E-state index contributed by atoms with van der Waals surface area (Å²) in [5.41, 5.74) is 3.23. The molecular weight excluding hydrogens is 186 g/mol. The largest absolute Gasteiger partial charge is 0.361 e. The molecule has 2 heteroatoms. The molecule has 2 rings (SSSR count). The predicted molar refractivity (Wildman–Crippen MR) is 62.8 cm³/mol. The van der Waals surface area contributed by atoms with Crippen molar-refractivity contribution in [2.24, 2.45) is 0 Å². The molecule has 0 aliphatic carbocycles. The third-order valence-electron chi connectivity index (χ3n) is 2.10. The van der Waals surface area contributed by atoms with Crippen molar-refractivity contribution in [2.45, 2.75) is 27.7 Å².